The van der Waals surface area contributed by atoms with E-state index in [0.717, 1.165) is 5.56 Å². The van der Waals surface area contributed by atoms with E-state index in [0.29, 0.717) is 17.1 Å². The molecule has 1 fully saturated rings. The first-order chi connectivity index (χ1) is 10.9. The molecule has 0 unspecified atom stereocenters. The number of imide groups is 1. The minimum atomic E-state index is -1.29. The number of urea groups is 1. The third-order valence-electron chi connectivity index (χ3n) is 3.46. The predicted molar refractivity (Wildman–Crippen MR) is 80.9 cm³/mol. The van der Waals surface area contributed by atoms with E-state index in [-0.39, 0.29) is 0 Å². The highest BCUT2D eigenvalue weighted by molar-refractivity contribution is 6.08. The van der Waals surface area contributed by atoms with Crippen molar-refractivity contribution < 1.29 is 24.3 Å². The molecule has 1 aliphatic rings. The molecule has 1 aromatic rings. The fourth-order valence-corrected chi connectivity index (χ4v) is 2.25. The Hall–Kier alpha value is -2.90. The second-order valence-corrected chi connectivity index (χ2v) is 5.11. The van der Waals surface area contributed by atoms with Crippen LogP contribution in [-0.2, 0) is 20.0 Å². The summed E-state index contributed by atoms with van der Waals surface area (Å²) in [5, 5.41) is 15.1. The molecule has 8 nitrogen and oxygen atoms in total. The molecule has 1 heterocycles. The standard InChI is InChI=1S/C15H17N3O5/c1-3-23-16-8-10-4-6-11(7-5-10)15(2)13(21)18(9-12(19)20)14(22)17-15/h4-8H,3,9H2,1-2H3,(H,17,22)(H,19,20)/t15-/m1/s1. The third-order valence-corrected chi connectivity index (χ3v) is 3.46. The molecule has 2 rings (SSSR count). The average molecular weight is 319 g/mol. The molecule has 0 radical (unpaired) electrons. The molecular formula is C15H17N3O5. The highest BCUT2D eigenvalue weighted by atomic mass is 16.6. The summed E-state index contributed by atoms with van der Waals surface area (Å²) in [4.78, 5) is 40.6. The van der Waals surface area contributed by atoms with Crippen molar-refractivity contribution in [2.24, 2.45) is 5.16 Å². The lowest BCUT2D eigenvalue weighted by Gasteiger charge is -2.22. The van der Waals surface area contributed by atoms with Crippen molar-refractivity contribution in [3.63, 3.8) is 0 Å². The Morgan fingerprint density at radius 3 is 2.61 bits per heavy atom. The normalized spacial score (nSPS) is 20.9. The molecule has 0 aliphatic carbocycles. The summed E-state index contributed by atoms with van der Waals surface area (Å²) in [7, 11) is 0. The Morgan fingerprint density at radius 1 is 1.39 bits per heavy atom. The van der Waals surface area contributed by atoms with Gasteiger partial charge < -0.3 is 15.3 Å². The zero-order chi connectivity index (χ0) is 17.0. The van der Waals surface area contributed by atoms with Crippen LogP contribution < -0.4 is 5.32 Å². The summed E-state index contributed by atoms with van der Waals surface area (Å²) < 4.78 is 0. The number of amides is 3. The maximum absolute atomic E-state index is 12.4. The predicted octanol–water partition coefficient (Wildman–Crippen LogP) is 0.909. The van der Waals surface area contributed by atoms with E-state index in [4.69, 9.17) is 9.94 Å². The van der Waals surface area contributed by atoms with E-state index in [1.54, 1.807) is 31.2 Å². The van der Waals surface area contributed by atoms with Crippen LogP contribution in [0.2, 0.25) is 0 Å². The van der Waals surface area contributed by atoms with Crippen molar-refractivity contribution in [3.05, 3.63) is 35.4 Å². The highest BCUT2D eigenvalue weighted by Gasteiger charge is 2.49. The van der Waals surface area contributed by atoms with Crippen LogP contribution in [-0.4, -0.2) is 47.3 Å². The van der Waals surface area contributed by atoms with Gasteiger partial charge in [0.25, 0.3) is 5.91 Å². The van der Waals surface area contributed by atoms with Crippen LogP contribution >= 0.6 is 0 Å². The van der Waals surface area contributed by atoms with Gasteiger partial charge in [0, 0.05) is 0 Å². The number of nitrogens with one attached hydrogen (secondary N) is 1. The lowest BCUT2D eigenvalue weighted by Crippen LogP contribution is -2.41. The van der Waals surface area contributed by atoms with Gasteiger partial charge in [0.05, 0.1) is 6.21 Å². The largest absolute Gasteiger partial charge is 0.480 e. The number of benzene rings is 1. The topological polar surface area (TPSA) is 108 Å². The Balaban J connectivity index is 2.22. The molecule has 1 saturated heterocycles. The van der Waals surface area contributed by atoms with Gasteiger partial charge in [-0.15, -0.1) is 0 Å². The first-order valence-electron chi connectivity index (χ1n) is 7.00. The lowest BCUT2D eigenvalue weighted by molar-refractivity contribution is -0.142. The molecular weight excluding hydrogens is 302 g/mol. The fourth-order valence-electron chi connectivity index (χ4n) is 2.25. The van der Waals surface area contributed by atoms with Gasteiger partial charge in [-0.1, -0.05) is 29.4 Å². The number of hydrogen-bond acceptors (Lipinski definition) is 5. The summed E-state index contributed by atoms with van der Waals surface area (Å²) in [6, 6.07) is 6.08. The van der Waals surface area contributed by atoms with Crippen LogP contribution in [0.1, 0.15) is 25.0 Å². The SMILES string of the molecule is CCON=Cc1ccc([C@@]2(C)NC(=O)N(CC(=O)O)C2=O)cc1. The van der Waals surface area contributed by atoms with Crippen LogP contribution in [0.3, 0.4) is 0 Å². The van der Waals surface area contributed by atoms with E-state index >= 15 is 0 Å². The molecule has 0 spiro atoms. The van der Waals surface area contributed by atoms with E-state index in [9.17, 15) is 14.4 Å². The number of carboxylic acid groups (broad SMARTS) is 1. The summed E-state index contributed by atoms with van der Waals surface area (Å²) in [6.45, 7) is 3.16. The number of rotatable bonds is 6. The molecule has 0 aromatic heterocycles. The number of aliphatic carboxylic acids is 1. The second kappa shape index (κ2) is 6.47. The maximum atomic E-state index is 12.4. The van der Waals surface area contributed by atoms with Gasteiger partial charge in [-0.25, -0.2) is 4.79 Å². The molecule has 0 saturated carbocycles. The monoisotopic (exact) mass is 319 g/mol. The van der Waals surface area contributed by atoms with Crippen molar-refractivity contribution in [1.82, 2.24) is 10.2 Å². The first-order valence-corrected chi connectivity index (χ1v) is 7.00. The molecule has 0 bridgehead atoms. The molecule has 8 heteroatoms. The Labute approximate surface area is 132 Å². The highest BCUT2D eigenvalue weighted by Crippen LogP contribution is 2.28. The van der Waals surface area contributed by atoms with Crippen molar-refractivity contribution in [1.29, 1.82) is 0 Å². The molecule has 1 atom stereocenters. The zero-order valence-electron chi connectivity index (χ0n) is 12.8. The van der Waals surface area contributed by atoms with Crippen molar-refractivity contribution in [3.8, 4) is 0 Å². The molecule has 23 heavy (non-hydrogen) atoms. The number of carbonyl (C=O) groups excluding carboxylic acids is 2. The number of oxime groups is 1. The van der Waals surface area contributed by atoms with Crippen LogP contribution in [0.5, 0.6) is 0 Å². The van der Waals surface area contributed by atoms with E-state index < -0.39 is 30.0 Å². The summed E-state index contributed by atoms with van der Waals surface area (Å²) >= 11 is 0. The minimum Gasteiger partial charge on any atom is -0.480 e. The molecule has 3 amide bonds. The van der Waals surface area contributed by atoms with E-state index in [1.807, 2.05) is 6.92 Å². The number of carboxylic acids is 1. The zero-order valence-corrected chi connectivity index (χ0v) is 12.8. The number of nitrogens with zero attached hydrogens (tertiary/aromatic N) is 2. The molecule has 2 N–H and O–H groups in total. The smallest absolute Gasteiger partial charge is 0.325 e. The van der Waals surface area contributed by atoms with Gasteiger partial charge in [0.1, 0.15) is 18.7 Å². The second-order valence-electron chi connectivity index (χ2n) is 5.11. The summed E-state index contributed by atoms with van der Waals surface area (Å²) in [5.74, 6) is -1.85. The molecule has 1 aliphatic heterocycles. The van der Waals surface area contributed by atoms with Gasteiger partial charge >= 0.3 is 12.0 Å². The van der Waals surface area contributed by atoms with Gasteiger partial charge in [-0.3, -0.25) is 14.5 Å². The average Bonchev–Trinajstić information content (AvgIpc) is 2.72. The van der Waals surface area contributed by atoms with Gasteiger partial charge in [0.15, 0.2) is 0 Å². The molecule has 1 aromatic carbocycles. The Morgan fingerprint density at radius 2 is 2.04 bits per heavy atom. The summed E-state index contributed by atoms with van der Waals surface area (Å²) in [6.07, 6.45) is 1.53. The van der Waals surface area contributed by atoms with Crippen LogP contribution in [0.4, 0.5) is 4.79 Å². The van der Waals surface area contributed by atoms with Gasteiger partial charge in [-0.2, -0.15) is 0 Å². The van der Waals surface area contributed by atoms with Crippen LogP contribution in [0, 0.1) is 0 Å². The van der Waals surface area contributed by atoms with Crippen molar-refractivity contribution >= 4 is 24.1 Å². The van der Waals surface area contributed by atoms with Crippen LogP contribution in [0.15, 0.2) is 29.4 Å². The Bertz CT molecular complexity index is 656. The van der Waals surface area contributed by atoms with Crippen molar-refractivity contribution in [2.75, 3.05) is 13.2 Å². The molecule has 122 valence electrons. The van der Waals surface area contributed by atoms with Crippen molar-refractivity contribution in [2.45, 2.75) is 19.4 Å². The summed E-state index contributed by atoms with van der Waals surface area (Å²) in [5.41, 5.74) is 0.0320. The van der Waals surface area contributed by atoms with Gasteiger partial charge in [-0.05, 0) is 25.0 Å². The van der Waals surface area contributed by atoms with E-state index in [2.05, 4.69) is 10.5 Å². The quantitative estimate of drug-likeness (QED) is 0.460. The number of hydrogen-bond donors (Lipinski definition) is 2. The lowest BCUT2D eigenvalue weighted by atomic mass is 9.91. The van der Waals surface area contributed by atoms with E-state index in [1.165, 1.54) is 6.21 Å². The van der Waals surface area contributed by atoms with Gasteiger partial charge in [0.2, 0.25) is 0 Å². The first kappa shape index (κ1) is 16.5. The minimum absolute atomic E-state index is 0.465. The fraction of sp³-hybridized carbons (Fsp3) is 0.333. The van der Waals surface area contributed by atoms with Crippen LogP contribution in [0.25, 0.3) is 0 Å². The number of carbonyl (C=O) groups is 3. The Kier molecular flexibility index (Phi) is 4.63. The maximum Gasteiger partial charge on any atom is 0.325 e. The third kappa shape index (κ3) is 3.31.